The molecule has 2 atom stereocenters. The van der Waals surface area contributed by atoms with Crippen LogP contribution in [0.5, 0.6) is 0 Å². The standard InChI is InChI=1S/C13H21N3O/c17-13-4-2-1-3-12(13)15-8-11-7-14-9-16(11)10-5-6-10/h7,9-10,12-13,15,17H,1-6,8H2. The average molecular weight is 235 g/mol. The predicted octanol–water partition coefficient (Wildman–Crippen LogP) is 1.61. The van der Waals surface area contributed by atoms with Gasteiger partial charge < -0.3 is 15.0 Å². The summed E-state index contributed by atoms with van der Waals surface area (Å²) in [5.74, 6) is 0. The topological polar surface area (TPSA) is 50.1 Å². The molecule has 2 aliphatic rings. The van der Waals surface area contributed by atoms with E-state index in [0.717, 1.165) is 19.4 Å². The van der Waals surface area contributed by atoms with Crippen LogP contribution in [0.4, 0.5) is 0 Å². The van der Waals surface area contributed by atoms with Crippen molar-refractivity contribution in [2.75, 3.05) is 0 Å². The second-order valence-corrected chi connectivity index (χ2v) is 5.36. The Morgan fingerprint density at radius 1 is 1.29 bits per heavy atom. The minimum atomic E-state index is -0.166. The van der Waals surface area contributed by atoms with E-state index in [-0.39, 0.29) is 12.1 Å². The van der Waals surface area contributed by atoms with Gasteiger partial charge in [0.25, 0.3) is 0 Å². The predicted molar refractivity (Wildman–Crippen MR) is 65.6 cm³/mol. The van der Waals surface area contributed by atoms with Crippen LogP contribution in [0.2, 0.25) is 0 Å². The molecule has 2 saturated carbocycles. The monoisotopic (exact) mass is 235 g/mol. The lowest BCUT2D eigenvalue weighted by atomic mass is 9.92. The number of hydrogen-bond donors (Lipinski definition) is 2. The molecule has 0 amide bonds. The third-order valence-electron chi connectivity index (χ3n) is 3.96. The van der Waals surface area contributed by atoms with Gasteiger partial charge in [-0.15, -0.1) is 0 Å². The van der Waals surface area contributed by atoms with Crippen molar-refractivity contribution in [2.24, 2.45) is 0 Å². The molecule has 2 N–H and O–H groups in total. The first-order chi connectivity index (χ1) is 8.34. The number of aliphatic hydroxyl groups excluding tert-OH is 1. The lowest BCUT2D eigenvalue weighted by Crippen LogP contribution is -2.41. The first-order valence-electron chi connectivity index (χ1n) is 6.77. The molecule has 3 rings (SSSR count). The summed E-state index contributed by atoms with van der Waals surface area (Å²) < 4.78 is 2.28. The van der Waals surface area contributed by atoms with Crippen LogP contribution in [0.15, 0.2) is 12.5 Å². The third kappa shape index (κ3) is 2.53. The number of hydrogen-bond acceptors (Lipinski definition) is 3. The van der Waals surface area contributed by atoms with Crippen LogP contribution in [-0.2, 0) is 6.54 Å². The molecule has 0 aliphatic heterocycles. The molecule has 1 aromatic heterocycles. The summed E-state index contributed by atoms with van der Waals surface area (Å²) in [6, 6.07) is 0.955. The van der Waals surface area contributed by atoms with Crippen LogP contribution in [-0.4, -0.2) is 26.8 Å². The van der Waals surface area contributed by atoms with Crippen LogP contribution >= 0.6 is 0 Å². The largest absolute Gasteiger partial charge is 0.392 e. The summed E-state index contributed by atoms with van der Waals surface area (Å²) in [6.45, 7) is 0.832. The smallest absolute Gasteiger partial charge is 0.0951 e. The van der Waals surface area contributed by atoms with Gasteiger partial charge >= 0.3 is 0 Å². The highest BCUT2D eigenvalue weighted by molar-refractivity contribution is 5.03. The highest BCUT2D eigenvalue weighted by Crippen LogP contribution is 2.35. The third-order valence-corrected chi connectivity index (χ3v) is 3.96. The Labute approximate surface area is 102 Å². The summed E-state index contributed by atoms with van der Waals surface area (Å²) in [5.41, 5.74) is 1.25. The van der Waals surface area contributed by atoms with Gasteiger partial charge in [-0.2, -0.15) is 0 Å². The molecule has 0 aromatic carbocycles. The van der Waals surface area contributed by atoms with Gasteiger partial charge in [0, 0.05) is 24.8 Å². The van der Waals surface area contributed by atoms with Gasteiger partial charge in [0.1, 0.15) is 0 Å². The van der Waals surface area contributed by atoms with Crippen molar-refractivity contribution in [3.8, 4) is 0 Å². The van der Waals surface area contributed by atoms with Crippen LogP contribution in [0, 0.1) is 0 Å². The molecular formula is C13H21N3O. The first kappa shape index (κ1) is 11.2. The minimum absolute atomic E-state index is 0.166. The molecule has 4 nitrogen and oxygen atoms in total. The van der Waals surface area contributed by atoms with Crippen LogP contribution in [0.3, 0.4) is 0 Å². The van der Waals surface area contributed by atoms with Crippen molar-refractivity contribution >= 4 is 0 Å². The second kappa shape index (κ2) is 4.78. The number of aliphatic hydroxyl groups is 1. The Morgan fingerprint density at radius 2 is 2.12 bits per heavy atom. The summed E-state index contributed by atoms with van der Waals surface area (Å²) in [6.07, 6.45) is 10.7. The second-order valence-electron chi connectivity index (χ2n) is 5.36. The van der Waals surface area contributed by atoms with Gasteiger partial charge in [0.05, 0.1) is 18.1 Å². The molecule has 0 radical (unpaired) electrons. The summed E-state index contributed by atoms with van der Waals surface area (Å²) in [7, 11) is 0. The molecular weight excluding hydrogens is 214 g/mol. The number of nitrogens with one attached hydrogen (secondary N) is 1. The molecule has 1 heterocycles. The van der Waals surface area contributed by atoms with E-state index in [2.05, 4.69) is 14.9 Å². The molecule has 0 bridgehead atoms. The van der Waals surface area contributed by atoms with Gasteiger partial charge in [0.15, 0.2) is 0 Å². The molecule has 2 fully saturated rings. The van der Waals surface area contributed by atoms with Crippen molar-refractivity contribution in [1.29, 1.82) is 0 Å². The summed E-state index contributed by atoms with van der Waals surface area (Å²) in [4.78, 5) is 4.23. The maximum absolute atomic E-state index is 9.90. The van der Waals surface area contributed by atoms with Crippen molar-refractivity contribution in [3.63, 3.8) is 0 Å². The Bertz CT molecular complexity index is 372. The van der Waals surface area contributed by atoms with Gasteiger partial charge in [0.2, 0.25) is 0 Å². The van der Waals surface area contributed by atoms with E-state index in [9.17, 15) is 5.11 Å². The van der Waals surface area contributed by atoms with E-state index in [1.807, 2.05) is 12.5 Å². The maximum Gasteiger partial charge on any atom is 0.0951 e. The van der Waals surface area contributed by atoms with Gasteiger partial charge in [-0.05, 0) is 25.7 Å². The Hall–Kier alpha value is -0.870. The first-order valence-corrected chi connectivity index (χ1v) is 6.77. The molecule has 17 heavy (non-hydrogen) atoms. The average Bonchev–Trinajstić information content (AvgIpc) is 3.08. The Balaban J connectivity index is 1.57. The lowest BCUT2D eigenvalue weighted by molar-refractivity contribution is 0.0899. The number of rotatable bonds is 4. The fourth-order valence-electron chi connectivity index (χ4n) is 2.74. The zero-order valence-corrected chi connectivity index (χ0v) is 10.2. The Kier molecular flexibility index (Phi) is 3.16. The van der Waals surface area contributed by atoms with Crippen LogP contribution in [0.1, 0.15) is 50.3 Å². The maximum atomic E-state index is 9.90. The zero-order valence-electron chi connectivity index (χ0n) is 10.2. The lowest BCUT2D eigenvalue weighted by Gasteiger charge is -2.28. The molecule has 1 aromatic rings. The number of aromatic nitrogens is 2. The van der Waals surface area contributed by atoms with E-state index in [1.165, 1.54) is 31.4 Å². The van der Waals surface area contributed by atoms with Crippen LogP contribution < -0.4 is 5.32 Å². The quantitative estimate of drug-likeness (QED) is 0.833. The molecule has 4 heteroatoms. The highest BCUT2D eigenvalue weighted by atomic mass is 16.3. The highest BCUT2D eigenvalue weighted by Gasteiger charge is 2.26. The molecule has 0 saturated heterocycles. The Morgan fingerprint density at radius 3 is 2.88 bits per heavy atom. The number of nitrogens with zero attached hydrogens (tertiary/aromatic N) is 2. The van der Waals surface area contributed by atoms with Crippen molar-refractivity contribution in [2.45, 2.75) is 63.3 Å². The van der Waals surface area contributed by atoms with Crippen molar-refractivity contribution in [1.82, 2.24) is 14.9 Å². The molecule has 2 unspecified atom stereocenters. The van der Waals surface area contributed by atoms with E-state index in [4.69, 9.17) is 0 Å². The van der Waals surface area contributed by atoms with Gasteiger partial charge in [-0.25, -0.2) is 4.98 Å². The fraction of sp³-hybridized carbons (Fsp3) is 0.769. The van der Waals surface area contributed by atoms with E-state index in [0.29, 0.717) is 6.04 Å². The van der Waals surface area contributed by atoms with E-state index < -0.39 is 0 Å². The van der Waals surface area contributed by atoms with Gasteiger partial charge in [-0.3, -0.25) is 0 Å². The van der Waals surface area contributed by atoms with Crippen molar-refractivity contribution in [3.05, 3.63) is 18.2 Å². The summed E-state index contributed by atoms with van der Waals surface area (Å²) in [5, 5.41) is 13.4. The van der Waals surface area contributed by atoms with Gasteiger partial charge in [-0.1, -0.05) is 12.8 Å². The van der Waals surface area contributed by atoms with Crippen LogP contribution in [0.25, 0.3) is 0 Å². The SMILES string of the molecule is OC1CCCCC1NCc1cncn1C1CC1. The fourth-order valence-corrected chi connectivity index (χ4v) is 2.74. The van der Waals surface area contributed by atoms with E-state index >= 15 is 0 Å². The number of imidazole rings is 1. The minimum Gasteiger partial charge on any atom is -0.392 e. The van der Waals surface area contributed by atoms with E-state index in [1.54, 1.807) is 0 Å². The molecule has 0 spiro atoms. The molecule has 2 aliphatic carbocycles. The zero-order chi connectivity index (χ0) is 11.7. The normalized spacial score (nSPS) is 29.5. The van der Waals surface area contributed by atoms with Crippen molar-refractivity contribution < 1.29 is 5.11 Å². The molecule has 94 valence electrons. The summed E-state index contributed by atoms with van der Waals surface area (Å²) >= 11 is 0.